The largest absolute Gasteiger partial charge is 0.497 e. The third kappa shape index (κ3) is 4.62. The molecule has 3 rings (SSSR count). The lowest BCUT2D eigenvalue weighted by atomic mass is 10.1. The van der Waals surface area contributed by atoms with Gasteiger partial charge in [-0.1, -0.05) is 0 Å². The van der Waals surface area contributed by atoms with E-state index in [4.69, 9.17) is 9.47 Å². The molecule has 0 unspecified atom stereocenters. The van der Waals surface area contributed by atoms with Crippen molar-refractivity contribution < 1.29 is 22.7 Å². The zero-order chi connectivity index (χ0) is 22.8. The Balaban J connectivity index is 1.99. The number of carbonyl (C=O) groups excluding carboxylic acids is 1. The number of fused-ring (bicyclic) bond motifs is 1. The van der Waals surface area contributed by atoms with Crippen molar-refractivity contribution in [1.82, 2.24) is 9.29 Å². The summed E-state index contributed by atoms with van der Waals surface area (Å²) in [5.74, 6) is 0.492. The number of benzene rings is 2. The van der Waals surface area contributed by atoms with Crippen LogP contribution in [-0.4, -0.2) is 51.4 Å². The zero-order valence-electron chi connectivity index (χ0n) is 18.1. The Bertz CT molecular complexity index is 1240. The number of nitrogens with one attached hydrogen (secondary N) is 1. The van der Waals surface area contributed by atoms with Gasteiger partial charge in [-0.25, -0.2) is 12.7 Å². The quantitative estimate of drug-likeness (QED) is 0.601. The van der Waals surface area contributed by atoms with Crippen LogP contribution in [0.1, 0.15) is 23.0 Å². The standard InChI is InChI=1S/C22H25N3O5S/c1-6-30-20-10-7-16(13-21(20)31(27,28)25(3)4)24-22(26)18-12-15-11-17(29-5)8-9-19(15)23-14(18)2/h7-13H,6H2,1-5H3,(H,24,26). The van der Waals surface area contributed by atoms with Crippen molar-refractivity contribution in [3.8, 4) is 11.5 Å². The molecule has 9 heteroatoms. The highest BCUT2D eigenvalue weighted by atomic mass is 32.2. The van der Waals surface area contributed by atoms with Crippen LogP contribution in [0.15, 0.2) is 47.4 Å². The van der Waals surface area contributed by atoms with Crippen molar-refractivity contribution in [3.63, 3.8) is 0 Å². The molecule has 0 aliphatic carbocycles. The topological polar surface area (TPSA) is 97.8 Å². The molecular formula is C22H25N3O5S. The van der Waals surface area contributed by atoms with Crippen LogP contribution in [0.4, 0.5) is 5.69 Å². The van der Waals surface area contributed by atoms with Crippen LogP contribution in [0.3, 0.4) is 0 Å². The average Bonchev–Trinajstić information content (AvgIpc) is 2.73. The van der Waals surface area contributed by atoms with Crippen LogP contribution < -0.4 is 14.8 Å². The Morgan fingerprint density at radius 1 is 1.13 bits per heavy atom. The molecule has 1 heterocycles. The number of ether oxygens (including phenoxy) is 2. The first-order valence-electron chi connectivity index (χ1n) is 9.63. The molecule has 0 saturated heterocycles. The lowest BCUT2D eigenvalue weighted by Crippen LogP contribution is -2.23. The van der Waals surface area contributed by atoms with Gasteiger partial charge in [0.05, 0.1) is 30.5 Å². The van der Waals surface area contributed by atoms with Crippen molar-refractivity contribution in [2.75, 3.05) is 33.1 Å². The summed E-state index contributed by atoms with van der Waals surface area (Å²) < 4.78 is 37.2. The van der Waals surface area contributed by atoms with Gasteiger partial charge in [0.1, 0.15) is 16.4 Å². The first-order valence-corrected chi connectivity index (χ1v) is 11.1. The molecule has 0 spiro atoms. The number of rotatable bonds is 7. The van der Waals surface area contributed by atoms with Gasteiger partial charge in [0.25, 0.3) is 5.91 Å². The maximum atomic E-state index is 13.0. The number of nitrogens with zero attached hydrogens (tertiary/aromatic N) is 2. The highest BCUT2D eigenvalue weighted by Gasteiger charge is 2.23. The second-order valence-corrected chi connectivity index (χ2v) is 9.14. The molecule has 0 aliphatic rings. The Kier molecular flexibility index (Phi) is 6.47. The number of sulfonamides is 1. The molecule has 0 aliphatic heterocycles. The first kappa shape index (κ1) is 22.5. The summed E-state index contributed by atoms with van der Waals surface area (Å²) in [6, 6.07) is 11.7. The fraction of sp³-hybridized carbons (Fsp3) is 0.273. The van der Waals surface area contributed by atoms with Crippen molar-refractivity contribution >= 4 is 32.5 Å². The second-order valence-electron chi connectivity index (χ2n) is 7.02. The van der Waals surface area contributed by atoms with Crippen molar-refractivity contribution in [1.29, 1.82) is 0 Å². The molecule has 31 heavy (non-hydrogen) atoms. The lowest BCUT2D eigenvalue weighted by Gasteiger charge is -2.17. The highest BCUT2D eigenvalue weighted by Crippen LogP contribution is 2.30. The second kappa shape index (κ2) is 8.91. The van der Waals surface area contributed by atoms with Gasteiger partial charge in [-0.15, -0.1) is 0 Å². The summed E-state index contributed by atoms with van der Waals surface area (Å²) in [6.07, 6.45) is 0. The molecule has 0 saturated carbocycles. The smallest absolute Gasteiger partial charge is 0.257 e. The first-order chi connectivity index (χ1) is 14.7. The average molecular weight is 444 g/mol. The van der Waals surface area contributed by atoms with Gasteiger partial charge in [-0.2, -0.15) is 0 Å². The summed E-state index contributed by atoms with van der Waals surface area (Å²) in [5.41, 5.74) is 2.02. The van der Waals surface area contributed by atoms with E-state index in [1.165, 1.54) is 26.2 Å². The molecule has 0 atom stereocenters. The molecule has 8 nitrogen and oxygen atoms in total. The maximum absolute atomic E-state index is 13.0. The number of amides is 1. The molecule has 164 valence electrons. The number of aromatic nitrogens is 1. The normalized spacial score (nSPS) is 11.5. The Hall–Kier alpha value is -3.17. The molecule has 0 radical (unpaired) electrons. The number of carbonyl (C=O) groups is 1. The SMILES string of the molecule is CCOc1ccc(NC(=O)c2cc3cc(OC)ccc3nc2C)cc1S(=O)(=O)N(C)C. The van der Waals surface area contributed by atoms with Crippen molar-refractivity contribution in [2.24, 2.45) is 0 Å². The van der Waals surface area contributed by atoms with Crippen molar-refractivity contribution in [2.45, 2.75) is 18.7 Å². The minimum Gasteiger partial charge on any atom is -0.497 e. The van der Waals surface area contributed by atoms with Gasteiger partial charge in [-0.3, -0.25) is 9.78 Å². The van der Waals surface area contributed by atoms with Crippen LogP contribution in [0.5, 0.6) is 11.5 Å². The van der Waals surface area contributed by atoms with E-state index in [2.05, 4.69) is 10.3 Å². The summed E-state index contributed by atoms with van der Waals surface area (Å²) in [7, 11) is 0.683. The minimum atomic E-state index is -3.77. The van der Waals surface area contributed by atoms with E-state index in [1.54, 1.807) is 45.2 Å². The van der Waals surface area contributed by atoms with Gasteiger partial charge in [0.15, 0.2) is 0 Å². The number of hydrogen-bond acceptors (Lipinski definition) is 6. The predicted molar refractivity (Wildman–Crippen MR) is 119 cm³/mol. The molecule has 0 bridgehead atoms. The van der Waals surface area contributed by atoms with Crippen molar-refractivity contribution in [3.05, 3.63) is 53.7 Å². The summed E-state index contributed by atoms with van der Waals surface area (Å²) in [6.45, 7) is 3.83. The molecule has 2 aromatic carbocycles. The summed E-state index contributed by atoms with van der Waals surface area (Å²) in [5, 5.41) is 3.53. The van der Waals surface area contributed by atoms with Crippen LogP contribution >= 0.6 is 0 Å². The van der Waals surface area contributed by atoms with Gasteiger partial charge in [-0.05, 0) is 56.3 Å². The fourth-order valence-corrected chi connectivity index (χ4v) is 4.12. The lowest BCUT2D eigenvalue weighted by molar-refractivity contribution is 0.102. The predicted octanol–water partition coefficient (Wildman–Crippen LogP) is 3.45. The van der Waals surface area contributed by atoms with E-state index >= 15 is 0 Å². The number of hydrogen-bond donors (Lipinski definition) is 1. The number of anilines is 1. The molecule has 0 fully saturated rings. The monoisotopic (exact) mass is 443 g/mol. The Morgan fingerprint density at radius 3 is 2.52 bits per heavy atom. The number of methoxy groups -OCH3 is 1. The highest BCUT2D eigenvalue weighted by molar-refractivity contribution is 7.89. The molecule has 1 aromatic heterocycles. The van der Waals surface area contributed by atoms with Gasteiger partial charge in [0.2, 0.25) is 10.0 Å². The van der Waals surface area contributed by atoms with E-state index in [0.29, 0.717) is 29.3 Å². The van der Waals surface area contributed by atoms with Crippen LogP contribution in [0.25, 0.3) is 10.9 Å². The van der Waals surface area contributed by atoms with Gasteiger partial charge < -0.3 is 14.8 Å². The van der Waals surface area contributed by atoms with Gasteiger partial charge >= 0.3 is 0 Å². The van der Waals surface area contributed by atoms with Gasteiger partial charge in [0, 0.05) is 25.2 Å². The van der Waals surface area contributed by atoms with E-state index in [-0.39, 0.29) is 10.6 Å². The zero-order valence-corrected chi connectivity index (χ0v) is 18.9. The molecule has 1 amide bonds. The fourth-order valence-electron chi connectivity index (χ4n) is 3.06. The summed E-state index contributed by atoms with van der Waals surface area (Å²) >= 11 is 0. The van der Waals surface area contributed by atoms with E-state index < -0.39 is 15.9 Å². The van der Waals surface area contributed by atoms with E-state index in [0.717, 1.165) is 15.2 Å². The molecule has 3 aromatic rings. The van der Waals surface area contributed by atoms with Crippen LogP contribution in [0.2, 0.25) is 0 Å². The third-order valence-corrected chi connectivity index (χ3v) is 6.55. The number of pyridine rings is 1. The summed E-state index contributed by atoms with van der Waals surface area (Å²) in [4.78, 5) is 17.4. The minimum absolute atomic E-state index is 0.0183. The Morgan fingerprint density at radius 2 is 1.87 bits per heavy atom. The van der Waals surface area contributed by atoms with Crippen LogP contribution in [-0.2, 0) is 10.0 Å². The Labute approximate surface area is 181 Å². The third-order valence-electron chi connectivity index (χ3n) is 4.72. The molecular weight excluding hydrogens is 418 g/mol. The molecule has 1 N–H and O–H groups in total. The van der Waals surface area contributed by atoms with Crippen LogP contribution in [0, 0.1) is 6.92 Å². The number of aryl methyl sites for hydroxylation is 1. The van der Waals surface area contributed by atoms with E-state index in [9.17, 15) is 13.2 Å². The maximum Gasteiger partial charge on any atom is 0.257 e. The van der Waals surface area contributed by atoms with E-state index in [1.807, 2.05) is 6.07 Å².